The Morgan fingerprint density at radius 1 is 0.897 bits per heavy atom. The van der Waals surface area contributed by atoms with E-state index in [1.165, 1.54) is 0 Å². The van der Waals surface area contributed by atoms with Crippen LogP contribution in [0, 0.1) is 20.8 Å². The molecule has 0 atom stereocenters. The fourth-order valence-corrected chi connectivity index (χ4v) is 2.84. The van der Waals surface area contributed by atoms with Gasteiger partial charge < -0.3 is 20.1 Å². The van der Waals surface area contributed by atoms with Crippen LogP contribution in [0.1, 0.15) is 27.4 Å². The Morgan fingerprint density at radius 3 is 2.41 bits per heavy atom. The van der Waals surface area contributed by atoms with Crippen molar-refractivity contribution >= 4 is 23.1 Å². The van der Waals surface area contributed by atoms with Gasteiger partial charge in [-0.2, -0.15) is 0 Å². The van der Waals surface area contributed by atoms with Gasteiger partial charge in [-0.05, 0) is 50.1 Å². The van der Waals surface area contributed by atoms with E-state index in [9.17, 15) is 4.79 Å². The minimum absolute atomic E-state index is 0.272. The average molecular weight is 392 g/mol. The second-order valence-corrected chi connectivity index (χ2v) is 6.65. The number of benzene rings is 2. The quantitative estimate of drug-likeness (QED) is 0.646. The van der Waals surface area contributed by atoms with Gasteiger partial charge in [0.25, 0.3) is 5.91 Å². The van der Waals surface area contributed by atoms with Crippen LogP contribution in [0.2, 0.25) is 0 Å². The Balaban J connectivity index is 1.86. The molecular formula is C22H24N4O3. The average Bonchev–Trinajstić information content (AvgIpc) is 2.70. The summed E-state index contributed by atoms with van der Waals surface area (Å²) in [6.45, 7) is 5.67. The molecule has 0 spiro atoms. The number of methoxy groups -OCH3 is 2. The molecule has 2 aromatic carbocycles. The van der Waals surface area contributed by atoms with E-state index in [0.717, 1.165) is 16.8 Å². The molecule has 0 aliphatic carbocycles. The number of carbonyl (C=O) groups excluding carboxylic acids is 1. The number of ether oxygens (including phenoxy) is 2. The standard InChI is InChI=1S/C22H24N4O3/c1-13-6-7-14(2)18(10-13)26-22(27)19-12-21(24-15(3)23-19)25-17-9-8-16(28-4)11-20(17)29-5/h6-12H,1-5H3,(H,26,27)(H,23,24,25). The van der Waals surface area contributed by atoms with E-state index in [0.29, 0.717) is 28.8 Å². The first kappa shape index (κ1) is 20.1. The van der Waals surface area contributed by atoms with Crippen molar-refractivity contribution in [3.8, 4) is 11.5 Å². The topological polar surface area (TPSA) is 85.4 Å². The van der Waals surface area contributed by atoms with Crippen LogP contribution in [0.25, 0.3) is 0 Å². The lowest BCUT2D eigenvalue weighted by Crippen LogP contribution is -2.16. The van der Waals surface area contributed by atoms with Crippen LogP contribution in [-0.4, -0.2) is 30.1 Å². The first-order valence-electron chi connectivity index (χ1n) is 9.13. The summed E-state index contributed by atoms with van der Waals surface area (Å²) in [4.78, 5) is 21.4. The summed E-state index contributed by atoms with van der Waals surface area (Å²) < 4.78 is 10.6. The molecule has 29 heavy (non-hydrogen) atoms. The van der Waals surface area contributed by atoms with Gasteiger partial charge in [0.15, 0.2) is 0 Å². The SMILES string of the molecule is COc1ccc(Nc2cc(C(=O)Nc3cc(C)ccc3C)nc(C)n2)c(OC)c1. The molecule has 0 radical (unpaired) electrons. The van der Waals surface area contributed by atoms with Crippen LogP contribution in [0.4, 0.5) is 17.2 Å². The molecule has 2 N–H and O–H groups in total. The summed E-state index contributed by atoms with van der Waals surface area (Å²) in [5.74, 6) is 1.96. The molecule has 3 rings (SSSR count). The van der Waals surface area contributed by atoms with E-state index >= 15 is 0 Å². The first-order valence-corrected chi connectivity index (χ1v) is 9.13. The number of nitrogens with one attached hydrogen (secondary N) is 2. The molecule has 0 fully saturated rings. The van der Waals surface area contributed by atoms with E-state index in [1.54, 1.807) is 33.3 Å². The largest absolute Gasteiger partial charge is 0.497 e. The molecule has 0 aliphatic heterocycles. The zero-order valence-corrected chi connectivity index (χ0v) is 17.2. The predicted molar refractivity (Wildman–Crippen MR) is 113 cm³/mol. The maximum Gasteiger partial charge on any atom is 0.274 e. The van der Waals surface area contributed by atoms with Crippen LogP contribution in [0.15, 0.2) is 42.5 Å². The highest BCUT2D eigenvalue weighted by atomic mass is 16.5. The van der Waals surface area contributed by atoms with Gasteiger partial charge in [-0.25, -0.2) is 9.97 Å². The van der Waals surface area contributed by atoms with Crippen molar-refractivity contribution in [3.63, 3.8) is 0 Å². The first-order chi connectivity index (χ1) is 13.9. The van der Waals surface area contributed by atoms with Crippen molar-refractivity contribution < 1.29 is 14.3 Å². The van der Waals surface area contributed by atoms with Crippen molar-refractivity contribution in [2.45, 2.75) is 20.8 Å². The lowest BCUT2D eigenvalue weighted by Gasteiger charge is -2.13. The second-order valence-electron chi connectivity index (χ2n) is 6.65. The van der Waals surface area contributed by atoms with Crippen LogP contribution >= 0.6 is 0 Å². The number of hydrogen-bond acceptors (Lipinski definition) is 6. The molecule has 1 amide bonds. The molecule has 0 aliphatic rings. The zero-order valence-electron chi connectivity index (χ0n) is 17.2. The van der Waals surface area contributed by atoms with E-state index in [-0.39, 0.29) is 11.6 Å². The number of anilines is 3. The normalized spacial score (nSPS) is 10.4. The Morgan fingerprint density at radius 2 is 1.69 bits per heavy atom. The van der Waals surface area contributed by atoms with Crippen molar-refractivity contribution in [3.05, 3.63) is 65.1 Å². The number of aryl methyl sites for hydroxylation is 3. The molecule has 150 valence electrons. The van der Waals surface area contributed by atoms with Gasteiger partial charge in [-0.3, -0.25) is 4.79 Å². The second kappa shape index (κ2) is 8.60. The van der Waals surface area contributed by atoms with Gasteiger partial charge in [0.05, 0.1) is 19.9 Å². The van der Waals surface area contributed by atoms with Crippen LogP contribution in [-0.2, 0) is 0 Å². The minimum Gasteiger partial charge on any atom is -0.497 e. The summed E-state index contributed by atoms with van der Waals surface area (Å²) >= 11 is 0. The molecule has 1 aromatic heterocycles. The third kappa shape index (κ3) is 4.82. The monoisotopic (exact) mass is 392 g/mol. The van der Waals surface area contributed by atoms with Gasteiger partial charge in [0, 0.05) is 17.8 Å². The lowest BCUT2D eigenvalue weighted by atomic mass is 10.1. The fourth-order valence-electron chi connectivity index (χ4n) is 2.84. The van der Waals surface area contributed by atoms with Gasteiger partial charge in [0.1, 0.15) is 28.8 Å². The smallest absolute Gasteiger partial charge is 0.274 e. The van der Waals surface area contributed by atoms with Crippen molar-refractivity contribution in [1.82, 2.24) is 9.97 Å². The zero-order chi connectivity index (χ0) is 21.0. The molecule has 0 saturated heterocycles. The minimum atomic E-state index is -0.297. The van der Waals surface area contributed by atoms with Gasteiger partial charge >= 0.3 is 0 Å². The summed E-state index contributed by atoms with van der Waals surface area (Å²) in [7, 11) is 3.17. The molecule has 0 saturated carbocycles. The fraction of sp³-hybridized carbons (Fsp3) is 0.227. The van der Waals surface area contributed by atoms with E-state index < -0.39 is 0 Å². The Hall–Kier alpha value is -3.61. The molecule has 0 unspecified atom stereocenters. The van der Waals surface area contributed by atoms with Crippen molar-refractivity contribution in [2.75, 3.05) is 24.9 Å². The van der Waals surface area contributed by atoms with Crippen LogP contribution in [0.3, 0.4) is 0 Å². The summed E-state index contributed by atoms with van der Waals surface area (Å²) in [5.41, 5.74) is 3.79. The highest BCUT2D eigenvalue weighted by Gasteiger charge is 2.14. The van der Waals surface area contributed by atoms with Crippen molar-refractivity contribution in [2.24, 2.45) is 0 Å². The number of hydrogen-bond donors (Lipinski definition) is 2. The molecule has 7 heteroatoms. The maximum absolute atomic E-state index is 12.8. The Labute approximate surface area is 170 Å². The Kier molecular flexibility index (Phi) is 5.97. The number of nitrogens with zero attached hydrogens (tertiary/aromatic N) is 2. The lowest BCUT2D eigenvalue weighted by molar-refractivity contribution is 0.102. The van der Waals surface area contributed by atoms with Crippen LogP contribution < -0.4 is 20.1 Å². The molecule has 1 heterocycles. The summed E-state index contributed by atoms with van der Waals surface area (Å²) in [6.07, 6.45) is 0. The van der Waals surface area contributed by atoms with E-state index in [1.807, 2.05) is 44.2 Å². The molecule has 0 bridgehead atoms. The van der Waals surface area contributed by atoms with E-state index in [2.05, 4.69) is 20.6 Å². The van der Waals surface area contributed by atoms with Crippen LogP contribution in [0.5, 0.6) is 11.5 Å². The highest BCUT2D eigenvalue weighted by molar-refractivity contribution is 6.03. The highest BCUT2D eigenvalue weighted by Crippen LogP contribution is 2.31. The van der Waals surface area contributed by atoms with Gasteiger partial charge in [-0.1, -0.05) is 12.1 Å². The third-order valence-corrected chi connectivity index (χ3v) is 4.38. The molecule has 3 aromatic rings. The Bertz CT molecular complexity index is 1050. The van der Waals surface area contributed by atoms with Gasteiger partial charge in [-0.15, -0.1) is 0 Å². The van der Waals surface area contributed by atoms with E-state index in [4.69, 9.17) is 9.47 Å². The number of rotatable bonds is 6. The summed E-state index contributed by atoms with van der Waals surface area (Å²) in [6, 6.07) is 12.9. The molecule has 7 nitrogen and oxygen atoms in total. The van der Waals surface area contributed by atoms with Crippen molar-refractivity contribution in [1.29, 1.82) is 0 Å². The molecular weight excluding hydrogens is 368 g/mol. The number of carbonyl (C=O) groups is 1. The maximum atomic E-state index is 12.8. The number of aromatic nitrogens is 2. The van der Waals surface area contributed by atoms with Gasteiger partial charge in [0.2, 0.25) is 0 Å². The summed E-state index contributed by atoms with van der Waals surface area (Å²) in [5, 5.41) is 6.11. The third-order valence-electron chi connectivity index (χ3n) is 4.38. The predicted octanol–water partition coefficient (Wildman–Crippen LogP) is 4.41. The number of amides is 1.